The van der Waals surface area contributed by atoms with Crippen LogP contribution >= 0.6 is 0 Å². The average Bonchev–Trinajstić information content (AvgIpc) is 2.39. The zero-order valence-electron chi connectivity index (χ0n) is 9.83. The molecule has 16 heavy (non-hydrogen) atoms. The Hall–Kier alpha value is -1.76. The van der Waals surface area contributed by atoms with Gasteiger partial charge in [-0.1, -0.05) is 36.4 Å². The minimum Gasteiger partial charge on any atom is -0.387 e. The highest BCUT2D eigenvalue weighted by atomic mass is 14.8. The lowest BCUT2D eigenvalue weighted by atomic mass is 10.00. The molecule has 0 spiro atoms. The van der Waals surface area contributed by atoms with E-state index < -0.39 is 0 Å². The van der Waals surface area contributed by atoms with Gasteiger partial charge in [0.2, 0.25) is 0 Å². The fourth-order valence-electron chi connectivity index (χ4n) is 1.76. The number of benzene rings is 1. The molecule has 82 valence electrons. The van der Waals surface area contributed by atoms with Gasteiger partial charge in [-0.25, -0.2) is 0 Å². The summed E-state index contributed by atoms with van der Waals surface area (Å²) in [6, 6.07) is 8.73. The van der Waals surface area contributed by atoms with Crippen molar-refractivity contribution in [2.45, 2.75) is 13.8 Å². The van der Waals surface area contributed by atoms with Gasteiger partial charge in [-0.05, 0) is 48.4 Å². The third-order valence-corrected chi connectivity index (χ3v) is 2.93. The molecule has 0 saturated heterocycles. The first kappa shape index (κ1) is 10.7. The van der Waals surface area contributed by atoms with Crippen molar-refractivity contribution in [2.24, 2.45) is 0 Å². The van der Waals surface area contributed by atoms with Gasteiger partial charge in [0.1, 0.15) is 0 Å². The van der Waals surface area contributed by atoms with Crippen LogP contribution < -0.4 is 5.32 Å². The first-order chi connectivity index (χ1) is 7.81. The van der Waals surface area contributed by atoms with Crippen molar-refractivity contribution in [2.75, 3.05) is 6.54 Å². The highest BCUT2D eigenvalue weighted by molar-refractivity contribution is 5.76. The maximum absolute atomic E-state index is 3.16. The number of rotatable bonds is 2. The Bertz CT molecular complexity index is 447. The van der Waals surface area contributed by atoms with Crippen molar-refractivity contribution in [3.05, 3.63) is 59.8 Å². The first-order valence-corrected chi connectivity index (χ1v) is 5.65. The van der Waals surface area contributed by atoms with Crippen LogP contribution in [0.15, 0.2) is 48.7 Å². The van der Waals surface area contributed by atoms with Gasteiger partial charge in [-0.3, -0.25) is 0 Å². The molecule has 0 radical (unpaired) electrons. The van der Waals surface area contributed by atoms with Crippen LogP contribution in [0.1, 0.15) is 25.0 Å². The van der Waals surface area contributed by atoms with Gasteiger partial charge in [0.15, 0.2) is 0 Å². The Morgan fingerprint density at radius 3 is 2.56 bits per heavy atom. The average molecular weight is 211 g/mol. The molecule has 0 aliphatic carbocycles. The van der Waals surface area contributed by atoms with Crippen LogP contribution in [-0.4, -0.2) is 6.54 Å². The van der Waals surface area contributed by atoms with Gasteiger partial charge in [0.25, 0.3) is 0 Å². The highest BCUT2D eigenvalue weighted by Gasteiger charge is 2.01. The first-order valence-electron chi connectivity index (χ1n) is 5.65. The number of hydrogen-bond donors (Lipinski definition) is 1. The lowest BCUT2D eigenvalue weighted by Crippen LogP contribution is -2.08. The van der Waals surface area contributed by atoms with Crippen LogP contribution in [0.5, 0.6) is 0 Å². The van der Waals surface area contributed by atoms with E-state index in [0.717, 1.165) is 6.54 Å². The number of hydrogen-bond acceptors (Lipinski definition) is 1. The SMILES string of the molecule is C/C=C(\C)c1ccc(C2=CCNC=C2)cc1. The van der Waals surface area contributed by atoms with Crippen molar-refractivity contribution in [1.29, 1.82) is 0 Å². The molecule has 1 heteroatoms. The lowest BCUT2D eigenvalue weighted by molar-refractivity contribution is 0.976. The van der Waals surface area contributed by atoms with Gasteiger partial charge in [0, 0.05) is 6.54 Å². The summed E-state index contributed by atoms with van der Waals surface area (Å²) in [5.41, 5.74) is 5.19. The molecule has 1 N–H and O–H groups in total. The van der Waals surface area contributed by atoms with Crippen LogP contribution in [0.4, 0.5) is 0 Å². The molecule has 0 atom stereocenters. The number of dihydropyridines is 1. The lowest BCUT2D eigenvalue weighted by Gasteiger charge is -2.09. The van der Waals surface area contributed by atoms with Crippen LogP contribution in [0, 0.1) is 0 Å². The van der Waals surface area contributed by atoms with Crippen molar-refractivity contribution in [1.82, 2.24) is 5.32 Å². The largest absolute Gasteiger partial charge is 0.387 e. The van der Waals surface area contributed by atoms with E-state index in [4.69, 9.17) is 0 Å². The van der Waals surface area contributed by atoms with Gasteiger partial charge in [-0.15, -0.1) is 0 Å². The molecular weight excluding hydrogens is 194 g/mol. The van der Waals surface area contributed by atoms with Crippen molar-refractivity contribution >= 4 is 11.1 Å². The molecular formula is C15H17N. The minimum absolute atomic E-state index is 0.918. The van der Waals surface area contributed by atoms with E-state index in [1.807, 2.05) is 6.20 Å². The summed E-state index contributed by atoms with van der Waals surface area (Å²) in [5, 5.41) is 3.16. The van der Waals surface area contributed by atoms with E-state index in [1.165, 1.54) is 22.3 Å². The van der Waals surface area contributed by atoms with E-state index in [9.17, 15) is 0 Å². The monoisotopic (exact) mass is 211 g/mol. The second-order valence-corrected chi connectivity index (χ2v) is 3.95. The Morgan fingerprint density at radius 1 is 1.25 bits per heavy atom. The molecule has 0 aromatic heterocycles. The third-order valence-electron chi connectivity index (χ3n) is 2.93. The zero-order chi connectivity index (χ0) is 11.4. The topological polar surface area (TPSA) is 12.0 Å². The van der Waals surface area contributed by atoms with Crippen LogP contribution in [-0.2, 0) is 0 Å². The summed E-state index contributed by atoms with van der Waals surface area (Å²) in [6.07, 6.45) is 8.46. The van der Waals surface area contributed by atoms with E-state index in [0.29, 0.717) is 0 Å². The third kappa shape index (κ3) is 2.25. The molecule has 0 fully saturated rings. The Labute approximate surface area is 97.2 Å². The van der Waals surface area contributed by atoms with Gasteiger partial charge >= 0.3 is 0 Å². The number of nitrogens with one attached hydrogen (secondary N) is 1. The summed E-state index contributed by atoms with van der Waals surface area (Å²) in [7, 11) is 0. The van der Waals surface area contributed by atoms with Gasteiger partial charge in [-0.2, -0.15) is 0 Å². The van der Waals surface area contributed by atoms with Gasteiger partial charge in [0.05, 0.1) is 0 Å². The van der Waals surface area contributed by atoms with Gasteiger partial charge < -0.3 is 5.32 Å². The molecule has 1 heterocycles. The van der Waals surface area contributed by atoms with E-state index in [-0.39, 0.29) is 0 Å². The van der Waals surface area contributed by atoms with Crippen LogP contribution in [0.25, 0.3) is 11.1 Å². The molecule has 2 rings (SSSR count). The van der Waals surface area contributed by atoms with Crippen molar-refractivity contribution in [3.63, 3.8) is 0 Å². The van der Waals surface area contributed by atoms with E-state index in [2.05, 4.69) is 61.7 Å². The second-order valence-electron chi connectivity index (χ2n) is 3.95. The predicted octanol–water partition coefficient (Wildman–Crippen LogP) is 3.61. The molecule has 1 aromatic carbocycles. The van der Waals surface area contributed by atoms with Crippen LogP contribution in [0.2, 0.25) is 0 Å². The quantitative estimate of drug-likeness (QED) is 0.788. The van der Waals surface area contributed by atoms with Crippen molar-refractivity contribution in [3.8, 4) is 0 Å². The predicted molar refractivity (Wildman–Crippen MR) is 70.9 cm³/mol. The normalized spacial score (nSPS) is 15.6. The Morgan fingerprint density at radius 2 is 2.00 bits per heavy atom. The fraction of sp³-hybridized carbons (Fsp3) is 0.200. The molecule has 1 aliphatic heterocycles. The Balaban J connectivity index is 2.26. The highest BCUT2D eigenvalue weighted by Crippen LogP contribution is 2.20. The summed E-state index contributed by atoms with van der Waals surface area (Å²) in [6.45, 7) is 5.13. The Kier molecular flexibility index (Phi) is 3.25. The molecule has 0 unspecified atom stereocenters. The molecule has 0 bridgehead atoms. The second kappa shape index (κ2) is 4.84. The van der Waals surface area contributed by atoms with Crippen molar-refractivity contribution < 1.29 is 0 Å². The number of allylic oxidation sites excluding steroid dienone is 4. The van der Waals surface area contributed by atoms with E-state index in [1.54, 1.807) is 0 Å². The molecule has 0 amide bonds. The molecule has 1 aromatic rings. The van der Waals surface area contributed by atoms with E-state index >= 15 is 0 Å². The summed E-state index contributed by atoms with van der Waals surface area (Å²) in [5.74, 6) is 0. The molecule has 0 saturated carbocycles. The smallest absolute Gasteiger partial charge is 0.0334 e. The maximum atomic E-state index is 3.16. The van der Waals surface area contributed by atoms with Crippen LogP contribution in [0.3, 0.4) is 0 Å². The molecule has 1 nitrogen and oxygen atoms in total. The maximum Gasteiger partial charge on any atom is 0.0334 e. The zero-order valence-corrected chi connectivity index (χ0v) is 9.83. The summed E-state index contributed by atoms with van der Waals surface area (Å²) >= 11 is 0. The summed E-state index contributed by atoms with van der Waals surface area (Å²) < 4.78 is 0. The fourth-order valence-corrected chi connectivity index (χ4v) is 1.76. The molecule has 1 aliphatic rings. The summed E-state index contributed by atoms with van der Waals surface area (Å²) in [4.78, 5) is 0. The minimum atomic E-state index is 0.918. The standard InChI is InChI=1S/C15H17N/c1-3-12(2)13-4-6-14(7-5-13)15-8-10-16-11-9-15/h3-10,16H,11H2,1-2H3/b12-3+.